The zero-order valence-corrected chi connectivity index (χ0v) is 11.7. The number of amides is 1. The van der Waals surface area contributed by atoms with E-state index in [4.69, 9.17) is 0 Å². The topological polar surface area (TPSA) is 41.1 Å². The van der Waals surface area contributed by atoms with Crippen LogP contribution in [-0.2, 0) is 17.6 Å². The van der Waals surface area contributed by atoms with Crippen LogP contribution >= 0.6 is 0 Å². The predicted molar refractivity (Wildman–Crippen MR) is 78.2 cm³/mol. The third kappa shape index (κ3) is 4.67. The van der Waals surface area contributed by atoms with Crippen LogP contribution in [0.15, 0.2) is 24.3 Å². The van der Waals surface area contributed by atoms with E-state index in [2.05, 4.69) is 41.8 Å². The largest absolute Gasteiger partial charge is 0.355 e. The normalized spacial score (nSPS) is 18.5. The van der Waals surface area contributed by atoms with Crippen molar-refractivity contribution in [3.63, 3.8) is 0 Å². The first-order chi connectivity index (χ1) is 9.28. The molecule has 1 saturated heterocycles. The summed E-state index contributed by atoms with van der Waals surface area (Å²) in [5.74, 6) is 0.160. The van der Waals surface area contributed by atoms with Gasteiger partial charge in [0, 0.05) is 19.0 Å². The first kappa shape index (κ1) is 14.1. The van der Waals surface area contributed by atoms with E-state index in [9.17, 15) is 4.79 Å². The average Bonchev–Trinajstić information content (AvgIpc) is 2.96. The maximum atomic E-state index is 11.8. The van der Waals surface area contributed by atoms with Crippen molar-refractivity contribution >= 4 is 5.91 Å². The number of carbonyl (C=O) groups is 1. The summed E-state index contributed by atoms with van der Waals surface area (Å²) >= 11 is 0. The SMILES string of the molecule is CCc1ccc(CCC(=O)NCC2CCCN2)cc1. The highest BCUT2D eigenvalue weighted by Gasteiger charge is 2.14. The Morgan fingerprint density at radius 2 is 2.05 bits per heavy atom. The number of carbonyl (C=O) groups excluding carboxylic acids is 1. The number of aryl methyl sites for hydroxylation is 2. The first-order valence-corrected chi connectivity index (χ1v) is 7.36. The molecule has 1 aliphatic heterocycles. The molecule has 19 heavy (non-hydrogen) atoms. The van der Waals surface area contributed by atoms with Crippen LogP contribution in [-0.4, -0.2) is 25.0 Å². The highest BCUT2D eigenvalue weighted by molar-refractivity contribution is 5.76. The van der Waals surface area contributed by atoms with Crippen LogP contribution < -0.4 is 10.6 Å². The molecule has 3 heteroatoms. The number of hydrogen-bond acceptors (Lipinski definition) is 2. The van der Waals surface area contributed by atoms with Crippen molar-refractivity contribution in [3.8, 4) is 0 Å². The summed E-state index contributed by atoms with van der Waals surface area (Å²) in [4.78, 5) is 11.8. The van der Waals surface area contributed by atoms with E-state index in [1.54, 1.807) is 0 Å². The molecular formula is C16H24N2O. The van der Waals surface area contributed by atoms with Gasteiger partial charge in [-0.15, -0.1) is 0 Å². The maximum Gasteiger partial charge on any atom is 0.220 e. The van der Waals surface area contributed by atoms with Gasteiger partial charge >= 0.3 is 0 Å². The average molecular weight is 260 g/mol. The molecule has 0 spiro atoms. The fourth-order valence-corrected chi connectivity index (χ4v) is 2.46. The van der Waals surface area contributed by atoms with Crippen LogP contribution in [0.4, 0.5) is 0 Å². The van der Waals surface area contributed by atoms with Crippen LogP contribution in [0, 0.1) is 0 Å². The fraction of sp³-hybridized carbons (Fsp3) is 0.562. The minimum absolute atomic E-state index is 0.160. The molecule has 1 heterocycles. The second-order valence-electron chi connectivity index (χ2n) is 5.27. The van der Waals surface area contributed by atoms with Gasteiger partial charge < -0.3 is 10.6 Å². The predicted octanol–water partition coefficient (Wildman–Crippen LogP) is 2.05. The first-order valence-electron chi connectivity index (χ1n) is 7.36. The molecule has 2 N–H and O–H groups in total. The summed E-state index contributed by atoms with van der Waals surface area (Å²) in [6.07, 6.45) is 4.88. The Kier molecular flexibility index (Phi) is 5.40. The molecule has 104 valence electrons. The molecule has 0 aromatic heterocycles. The Bertz CT molecular complexity index is 394. The molecule has 0 aliphatic carbocycles. The summed E-state index contributed by atoms with van der Waals surface area (Å²) in [5.41, 5.74) is 2.59. The van der Waals surface area contributed by atoms with Crippen molar-refractivity contribution in [2.75, 3.05) is 13.1 Å². The van der Waals surface area contributed by atoms with Gasteiger partial charge in [-0.3, -0.25) is 4.79 Å². The summed E-state index contributed by atoms with van der Waals surface area (Å²) in [6, 6.07) is 9.04. The van der Waals surface area contributed by atoms with Gasteiger partial charge in [0.1, 0.15) is 0 Å². The van der Waals surface area contributed by atoms with E-state index in [0.717, 1.165) is 25.9 Å². The number of nitrogens with one attached hydrogen (secondary N) is 2. The standard InChI is InChI=1S/C16H24N2O/c1-2-13-5-7-14(8-6-13)9-10-16(19)18-12-15-4-3-11-17-15/h5-8,15,17H,2-4,9-12H2,1H3,(H,18,19). The van der Waals surface area contributed by atoms with Gasteiger partial charge in [0.05, 0.1) is 0 Å². The third-order valence-electron chi connectivity index (χ3n) is 3.78. The van der Waals surface area contributed by atoms with Gasteiger partial charge in [0.25, 0.3) is 0 Å². The van der Waals surface area contributed by atoms with Crippen molar-refractivity contribution in [3.05, 3.63) is 35.4 Å². The lowest BCUT2D eigenvalue weighted by atomic mass is 10.1. The molecule has 1 aromatic rings. The Morgan fingerprint density at radius 1 is 1.32 bits per heavy atom. The Balaban J connectivity index is 1.67. The molecule has 1 aliphatic rings. The van der Waals surface area contributed by atoms with Crippen molar-refractivity contribution < 1.29 is 4.79 Å². The summed E-state index contributed by atoms with van der Waals surface area (Å²) in [7, 11) is 0. The van der Waals surface area contributed by atoms with E-state index < -0.39 is 0 Å². The molecule has 0 bridgehead atoms. The minimum Gasteiger partial charge on any atom is -0.355 e. The second-order valence-corrected chi connectivity index (χ2v) is 5.27. The van der Waals surface area contributed by atoms with E-state index in [1.165, 1.54) is 24.0 Å². The molecule has 1 aromatic carbocycles. The lowest BCUT2D eigenvalue weighted by molar-refractivity contribution is -0.121. The van der Waals surface area contributed by atoms with Gasteiger partial charge in [-0.05, 0) is 43.4 Å². The van der Waals surface area contributed by atoms with E-state index in [0.29, 0.717) is 12.5 Å². The molecule has 1 atom stereocenters. The quantitative estimate of drug-likeness (QED) is 0.822. The molecule has 3 nitrogen and oxygen atoms in total. The molecule has 2 rings (SSSR count). The van der Waals surface area contributed by atoms with Gasteiger partial charge in [-0.2, -0.15) is 0 Å². The number of benzene rings is 1. The monoisotopic (exact) mass is 260 g/mol. The lowest BCUT2D eigenvalue weighted by Crippen LogP contribution is -2.37. The van der Waals surface area contributed by atoms with Gasteiger partial charge in [0.2, 0.25) is 5.91 Å². The van der Waals surface area contributed by atoms with Gasteiger partial charge in [0.15, 0.2) is 0 Å². The van der Waals surface area contributed by atoms with Crippen LogP contribution in [0.1, 0.15) is 37.3 Å². The zero-order chi connectivity index (χ0) is 13.5. The fourth-order valence-electron chi connectivity index (χ4n) is 2.46. The van der Waals surface area contributed by atoms with Gasteiger partial charge in [-0.25, -0.2) is 0 Å². The van der Waals surface area contributed by atoms with Crippen LogP contribution in [0.25, 0.3) is 0 Å². The van der Waals surface area contributed by atoms with Crippen molar-refractivity contribution in [1.29, 1.82) is 0 Å². The van der Waals surface area contributed by atoms with Crippen molar-refractivity contribution in [2.24, 2.45) is 0 Å². The Morgan fingerprint density at radius 3 is 2.68 bits per heavy atom. The molecule has 0 saturated carbocycles. The van der Waals surface area contributed by atoms with Crippen molar-refractivity contribution in [2.45, 2.75) is 45.1 Å². The summed E-state index contributed by atoms with van der Waals surface area (Å²) in [5, 5.41) is 6.40. The highest BCUT2D eigenvalue weighted by atomic mass is 16.1. The zero-order valence-electron chi connectivity index (χ0n) is 11.7. The smallest absolute Gasteiger partial charge is 0.220 e. The molecule has 1 fully saturated rings. The van der Waals surface area contributed by atoms with Crippen molar-refractivity contribution in [1.82, 2.24) is 10.6 Å². The highest BCUT2D eigenvalue weighted by Crippen LogP contribution is 2.07. The molecule has 0 radical (unpaired) electrons. The van der Waals surface area contributed by atoms with E-state index in [1.807, 2.05) is 0 Å². The summed E-state index contributed by atoms with van der Waals surface area (Å²) < 4.78 is 0. The second kappa shape index (κ2) is 7.29. The summed E-state index contributed by atoms with van der Waals surface area (Å²) in [6.45, 7) is 4.01. The number of rotatable bonds is 6. The lowest BCUT2D eigenvalue weighted by Gasteiger charge is -2.11. The molecule has 1 amide bonds. The Hall–Kier alpha value is -1.35. The molecular weight excluding hydrogens is 236 g/mol. The number of hydrogen-bond donors (Lipinski definition) is 2. The van der Waals surface area contributed by atoms with Crippen LogP contribution in [0.2, 0.25) is 0 Å². The van der Waals surface area contributed by atoms with E-state index >= 15 is 0 Å². The molecule has 1 unspecified atom stereocenters. The van der Waals surface area contributed by atoms with E-state index in [-0.39, 0.29) is 5.91 Å². The van der Waals surface area contributed by atoms with Crippen LogP contribution in [0.5, 0.6) is 0 Å². The third-order valence-corrected chi connectivity index (χ3v) is 3.78. The minimum atomic E-state index is 0.160. The Labute approximate surface area is 115 Å². The van der Waals surface area contributed by atoms with Gasteiger partial charge in [-0.1, -0.05) is 31.2 Å². The maximum absolute atomic E-state index is 11.8. The van der Waals surface area contributed by atoms with Crippen LogP contribution in [0.3, 0.4) is 0 Å².